The molecule has 0 unspecified atom stereocenters. The number of quaternary nitrogens is 1. The van der Waals surface area contributed by atoms with Crippen molar-refractivity contribution in [2.75, 3.05) is 18.2 Å². The molecule has 7 nitrogen and oxygen atoms in total. The molecule has 0 bridgehead atoms. The lowest BCUT2D eigenvalue weighted by Crippen LogP contribution is -2.70. The Kier molecular flexibility index (Phi) is 4.33. The van der Waals surface area contributed by atoms with Gasteiger partial charge in [-0.15, -0.1) is 0 Å². The van der Waals surface area contributed by atoms with Crippen LogP contribution in [-0.2, 0) is 6.18 Å². The summed E-state index contributed by atoms with van der Waals surface area (Å²) >= 11 is 0. The van der Waals surface area contributed by atoms with Crippen molar-refractivity contribution >= 4 is 23.1 Å². The minimum absolute atomic E-state index is 0.0107. The van der Waals surface area contributed by atoms with Gasteiger partial charge in [-0.25, -0.2) is 0 Å². The van der Waals surface area contributed by atoms with Gasteiger partial charge < -0.3 is 26.5 Å². The van der Waals surface area contributed by atoms with Crippen molar-refractivity contribution in [3.63, 3.8) is 0 Å². The first-order valence-electron chi connectivity index (χ1n) is 5.96. The molecule has 0 fully saturated rings. The van der Waals surface area contributed by atoms with Gasteiger partial charge in [0.05, 0.1) is 12.7 Å². The summed E-state index contributed by atoms with van der Waals surface area (Å²) in [7, 11) is 1.30. The lowest BCUT2D eigenvalue weighted by molar-refractivity contribution is -0.497. The third kappa shape index (κ3) is 3.35. The van der Waals surface area contributed by atoms with Crippen LogP contribution < -0.4 is 21.3 Å². The lowest BCUT2D eigenvalue weighted by atomic mass is 10.2. The molecule has 22 heavy (non-hydrogen) atoms. The van der Waals surface area contributed by atoms with Crippen LogP contribution in [0.2, 0.25) is 0 Å². The van der Waals surface area contributed by atoms with Gasteiger partial charge in [-0.05, 0) is 24.3 Å². The molecule has 5 N–H and O–H groups in total. The van der Waals surface area contributed by atoms with E-state index in [4.69, 9.17) is 10.5 Å². The zero-order chi connectivity index (χ0) is 16.3. The molecule has 0 aliphatic rings. The van der Waals surface area contributed by atoms with Gasteiger partial charge in [0.2, 0.25) is 17.5 Å². The second-order valence-electron chi connectivity index (χ2n) is 4.17. The number of nitrogens with two attached hydrogens (primary N) is 2. The van der Waals surface area contributed by atoms with E-state index in [0.717, 1.165) is 12.1 Å². The van der Waals surface area contributed by atoms with Gasteiger partial charge in [-0.1, -0.05) is 0 Å². The van der Waals surface area contributed by atoms with Gasteiger partial charge in [0.1, 0.15) is 0 Å². The Morgan fingerprint density at radius 1 is 1.23 bits per heavy atom. The Balaban J connectivity index is 2.33. The first kappa shape index (κ1) is 15.8. The minimum Gasteiger partial charge on any atom is -0.630 e. The monoisotopic (exact) mass is 315 g/mol. The molecule has 1 heterocycles. The number of aromatic nitrogens is 2. The summed E-state index contributed by atoms with van der Waals surface area (Å²) in [4.78, 5) is 7.58. The number of nitrogens with one attached hydrogen (secondary N) is 1. The summed E-state index contributed by atoms with van der Waals surface area (Å²) < 4.78 is 42.4. The van der Waals surface area contributed by atoms with Crippen LogP contribution in [0.3, 0.4) is 0 Å². The number of methoxy groups -OCH3 is 1. The maximum atomic E-state index is 12.5. The third-order valence-corrected chi connectivity index (χ3v) is 2.71. The van der Waals surface area contributed by atoms with Crippen LogP contribution in [0.15, 0.2) is 24.3 Å². The molecule has 118 valence electrons. The minimum atomic E-state index is -4.42. The van der Waals surface area contributed by atoms with Gasteiger partial charge in [0, 0.05) is 5.69 Å². The largest absolute Gasteiger partial charge is 0.630 e. The van der Waals surface area contributed by atoms with Crippen LogP contribution in [0, 0.1) is 5.21 Å². The summed E-state index contributed by atoms with van der Waals surface area (Å²) in [5.41, 5.74) is 5.48. The van der Waals surface area contributed by atoms with Crippen LogP contribution in [0.5, 0.6) is 5.88 Å². The summed E-state index contributed by atoms with van der Waals surface area (Å²) in [6.07, 6.45) is -4.42. The molecule has 2 aromatic rings. The van der Waals surface area contributed by atoms with Gasteiger partial charge in [-0.3, -0.25) is 0 Å². The van der Waals surface area contributed by atoms with Crippen LogP contribution in [0.1, 0.15) is 5.56 Å². The van der Waals surface area contributed by atoms with Crippen LogP contribution in [0.25, 0.3) is 0 Å². The quantitative estimate of drug-likeness (QED) is 0.737. The molecule has 10 heteroatoms. The molecule has 1 aromatic heterocycles. The zero-order valence-corrected chi connectivity index (χ0v) is 11.3. The Bertz CT molecular complexity index is 661. The maximum absolute atomic E-state index is 12.5. The van der Waals surface area contributed by atoms with Crippen molar-refractivity contribution in [3.8, 4) is 5.88 Å². The molecule has 0 aliphatic heterocycles. The molecule has 0 spiro atoms. The second-order valence-corrected chi connectivity index (χ2v) is 4.17. The van der Waals surface area contributed by atoms with Crippen molar-refractivity contribution in [1.82, 2.24) is 9.97 Å². The highest BCUT2D eigenvalue weighted by atomic mass is 19.4. The predicted octanol–water partition coefficient (Wildman–Crippen LogP) is 1.52. The van der Waals surface area contributed by atoms with Crippen molar-refractivity contribution in [2.24, 2.45) is 0 Å². The highest BCUT2D eigenvalue weighted by Crippen LogP contribution is 2.32. The molecule has 0 saturated heterocycles. The number of alkyl halides is 3. The number of benzene rings is 1. The molecule has 0 atom stereocenters. The van der Waals surface area contributed by atoms with Crippen molar-refractivity contribution in [1.29, 1.82) is 0 Å². The summed E-state index contributed by atoms with van der Waals surface area (Å²) in [5, 5.41) is 13.8. The van der Waals surface area contributed by atoms with Crippen molar-refractivity contribution < 1.29 is 23.4 Å². The number of halogens is 3. The van der Waals surface area contributed by atoms with E-state index in [9.17, 15) is 18.4 Å². The fourth-order valence-electron chi connectivity index (χ4n) is 1.70. The van der Waals surface area contributed by atoms with Crippen molar-refractivity contribution in [2.45, 2.75) is 6.18 Å². The van der Waals surface area contributed by atoms with E-state index in [1.54, 1.807) is 0 Å². The highest BCUT2D eigenvalue weighted by Gasteiger charge is 2.30. The molecule has 0 radical (unpaired) electrons. The SMILES string of the molecule is COc1nc(N)nc(Nc2ccc(C(F)(F)F)cc2)c1[NH2+][O-]. The van der Waals surface area contributed by atoms with E-state index in [1.807, 2.05) is 0 Å². The maximum Gasteiger partial charge on any atom is 0.416 e. The number of rotatable bonds is 4. The molecule has 0 saturated carbocycles. The topological polar surface area (TPSA) is 113 Å². The van der Waals surface area contributed by atoms with E-state index >= 15 is 0 Å². The second kappa shape index (κ2) is 6.03. The molecule has 0 aliphatic carbocycles. The fourth-order valence-corrected chi connectivity index (χ4v) is 1.70. The molecule has 1 aromatic carbocycles. The fraction of sp³-hybridized carbons (Fsp3) is 0.167. The summed E-state index contributed by atoms with van der Waals surface area (Å²) in [5.74, 6) is -0.132. The van der Waals surface area contributed by atoms with Gasteiger partial charge in [0.15, 0.2) is 0 Å². The van der Waals surface area contributed by atoms with Crippen LogP contribution >= 0.6 is 0 Å². The first-order chi connectivity index (χ1) is 10.3. The Morgan fingerprint density at radius 3 is 2.36 bits per heavy atom. The Morgan fingerprint density at radius 2 is 1.86 bits per heavy atom. The number of ether oxygens (including phenoxy) is 1. The smallest absolute Gasteiger partial charge is 0.416 e. The first-order valence-corrected chi connectivity index (χ1v) is 5.96. The normalized spacial score (nSPS) is 11.3. The number of nitrogens with zero attached hydrogens (tertiary/aromatic N) is 2. The number of nitrogen functional groups attached to an aromatic ring is 1. The number of hydrogen-bond acceptors (Lipinski definition) is 6. The average molecular weight is 315 g/mol. The highest BCUT2D eigenvalue weighted by molar-refractivity contribution is 5.69. The molecule has 0 amide bonds. The van der Waals surface area contributed by atoms with Gasteiger partial charge in [-0.2, -0.15) is 23.1 Å². The van der Waals surface area contributed by atoms with Crippen LogP contribution in [0.4, 0.5) is 36.3 Å². The summed E-state index contributed by atoms with van der Waals surface area (Å²) in [6, 6.07) is 4.24. The van der Waals surface area contributed by atoms with Crippen LogP contribution in [-0.4, -0.2) is 17.1 Å². The zero-order valence-electron chi connectivity index (χ0n) is 11.3. The standard InChI is InChI=1S/C12H12F3N5O2/c1-22-10-8(20-21)9(18-11(16)19-10)17-7-4-2-6(3-5-7)12(13,14)15/h2-5H,20H2,1H3,(H3,16,17,18,19). The average Bonchev–Trinajstić information content (AvgIpc) is 2.46. The van der Waals surface area contributed by atoms with Gasteiger partial charge in [0.25, 0.3) is 5.88 Å². The lowest BCUT2D eigenvalue weighted by Gasteiger charge is -2.13. The summed E-state index contributed by atoms with van der Waals surface area (Å²) in [6.45, 7) is 0. The van der Waals surface area contributed by atoms with E-state index in [0.29, 0.717) is 11.2 Å². The third-order valence-electron chi connectivity index (χ3n) is 2.71. The van der Waals surface area contributed by atoms with E-state index < -0.39 is 11.7 Å². The molecule has 2 rings (SSSR count). The number of hydrogen-bond donors (Lipinski definition) is 3. The number of anilines is 3. The predicted molar refractivity (Wildman–Crippen MR) is 72.7 cm³/mol. The van der Waals surface area contributed by atoms with E-state index in [-0.39, 0.29) is 23.3 Å². The van der Waals surface area contributed by atoms with Crippen molar-refractivity contribution in [3.05, 3.63) is 35.0 Å². The molecular formula is C12H12F3N5O2. The Hall–Kier alpha value is -2.59. The van der Waals surface area contributed by atoms with Gasteiger partial charge >= 0.3 is 6.18 Å². The Labute approximate surface area is 122 Å². The van der Waals surface area contributed by atoms with E-state index in [2.05, 4.69) is 15.3 Å². The molecular weight excluding hydrogens is 303 g/mol. The van der Waals surface area contributed by atoms with E-state index in [1.165, 1.54) is 19.2 Å².